The molecule has 0 N–H and O–H groups in total. The Morgan fingerprint density at radius 3 is 2.70 bits per heavy atom. The number of hydrogen-bond donors (Lipinski definition) is 0. The van der Waals surface area contributed by atoms with Crippen molar-refractivity contribution in [3.8, 4) is 17.1 Å². The van der Waals surface area contributed by atoms with Gasteiger partial charge in [0.1, 0.15) is 18.1 Å². The predicted molar refractivity (Wildman–Crippen MR) is 85.3 cm³/mol. The molecule has 0 bridgehead atoms. The first-order valence-corrected chi connectivity index (χ1v) is 7.43. The van der Waals surface area contributed by atoms with Crippen LogP contribution >= 0.6 is 11.6 Å². The first-order chi connectivity index (χ1) is 11.0. The summed E-state index contributed by atoms with van der Waals surface area (Å²) in [7, 11) is 0. The van der Waals surface area contributed by atoms with Gasteiger partial charge in [-0.05, 0) is 38.5 Å². The predicted octanol–water partition coefficient (Wildman–Crippen LogP) is 3.68. The van der Waals surface area contributed by atoms with Crippen LogP contribution in [0.15, 0.2) is 28.9 Å². The molecule has 0 fully saturated rings. The first kappa shape index (κ1) is 15.4. The molecule has 0 unspecified atom stereocenters. The molecule has 0 radical (unpaired) electrons. The lowest BCUT2D eigenvalue weighted by molar-refractivity contribution is 0.287. The number of rotatable bonds is 4. The average Bonchev–Trinajstić information content (AvgIpc) is 2.90. The minimum atomic E-state index is 0.272. The molecule has 0 aliphatic carbocycles. The summed E-state index contributed by atoms with van der Waals surface area (Å²) in [5.74, 6) is 1.10. The van der Waals surface area contributed by atoms with E-state index in [1.807, 2.05) is 32.9 Å². The molecule has 0 saturated heterocycles. The van der Waals surface area contributed by atoms with E-state index in [0.717, 1.165) is 22.4 Å². The van der Waals surface area contributed by atoms with E-state index < -0.39 is 0 Å². The van der Waals surface area contributed by atoms with Crippen molar-refractivity contribution in [1.82, 2.24) is 20.3 Å². The van der Waals surface area contributed by atoms with E-state index in [4.69, 9.17) is 20.9 Å². The monoisotopic (exact) mass is 330 g/mol. The number of halogens is 1. The van der Waals surface area contributed by atoms with Crippen LogP contribution in [0, 0.1) is 20.8 Å². The number of nitrogens with zero attached hydrogens (tertiary/aromatic N) is 4. The van der Waals surface area contributed by atoms with Crippen molar-refractivity contribution in [1.29, 1.82) is 0 Å². The highest BCUT2D eigenvalue weighted by molar-refractivity contribution is 6.30. The van der Waals surface area contributed by atoms with Crippen LogP contribution in [0.2, 0.25) is 5.15 Å². The molecule has 0 saturated carbocycles. The van der Waals surface area contributed by atoms with Crippen molar-refractivity contribution < 1.29 is 9.26 Å². The van der Waals surface area contributed by atoms with Crippen LogP contribution < -0.4 is 4.74 Å². The van der Waals surface area contributed by atoms with Gasteiger partial charge in [-0.1, -0.05) is 16.8 Å². The van der Waals surface area contributed by atoms with Crippen molar-refractivity contribution in [2.45, 2.75) is 27.4 Å². The molecular formula is C16H15ClN4O2. The van der Waals surface area contributed by atoms with Gasteiger partial charge in [-0.2, -0.15) is 0 Å². The number of ether oxygens (including phenoxy) is 1. The van der Waals surface area contributed by atoms with E-state index in [9.17, 15) is 0 Å². The van der Waals surface area contributed by atoms with E-state index in [2.05, 4.69) is 20.3 Å². The van der Waals surface area contributed by atoms with Crippen molar-refractivity contribution in [3.63, 3.8) is 0 Å². The van der Waals surface area contributed by atoms with E-state index in [1.165, 1.54) is 0 Å². The molecule has 118 valence electrons. The lowest BCUT2D eigenvalue weighted by Gasteiger charge is -2.06. The van der Waals surface area contributed by atoms with Gasteiger partial charge in [0.15, 0.2) is 5.15 Å². The molecule has 0 aliphatic heterocycles. The van der Waals surface area contributed by atoms with Gasteiger partial charge in [0, 0.05) is 23.5 Å². The number of hydrogen-bond acceptors (Lipinski definition) is 6. The maximum Gasteiger partial charge on any atom is 0.234 e. The highest BCUT2D eigenvalue weighted by atomic mass is 35.5. The summed E-state index contributed by atoms with van der Waals surface area (Å²) in [6.07, 6.45) is 1.77. The fourth-order valence-corrected chi connectivity index (χ4v) is 2.15. The number of aromatic nitrogens is 4. The average molecular weight is 331 g/mol. The molecule has 0 atom stereocenters. The van der Waals surface area contributed by atoms with Crippen molar-refractivity contribution in [2.24, 2.45) is 0 Å². The van der Waals surface area contributed by atoms with Gasteiger partial charge < -0.3 is 9.26 Å². The maximum atomic E-state index is 5.86. The topological polar surface area (TPSA) is 73.9 Å². The molecule has 3 aromatic heterocycles. The lowest BCUT2D eigenvalue weighted by atomic mass is 10.1. The third-order valence-corrected chi connectivity index (χ3v) is 3.81. The van der Waals surface area contributed by atoms with E-state index >= 15 is 0 Å². The fourth-order valence-electron chi connectivity index (χ4n) is 2.06. The van der Waals surface area contributed by atoms with Gasteiger partial charge >= 0.3 is 0 Å². The minimum Gasteiger partial charge on any atom is -0.471 e. The summed E-state index contributed by atoms with van der Waals surface area (Å²) in [5, 5.41) is 12.2. The second kappa shape index (κ2) is 6.34. The molecule has 7 heteroatoms. The van der Waals surface area contributed by atoms with Crippen LogP contribution in [0.5, 0.6) is 5.88 Å². The van der Waals surface area contributed by atoms with Gasteiger partial charge in [0.05, 0.1) is 5.56 Å². The molecule has 3 heterocycles. The van der Waals surface area contributed by atoms with E-state index in [0.29, 0.717) is 22.5 Å². The van der Waals surface area contributed by atoms with Crippen LogP contribution in [-0.2, 0) is 6.61 Å². The van der Waals surface area contributed by atoms with Crippen LogP contribution in [0.4, 0.5) is 0 Å². The molecule has 6 nitrogen and oxygen atoms in total. The standard InChI is InChI=1S/C16H15ClN4O2/c1-9-6-14(19-20-16(9)17)22-8-13-11(3)23-21-15(13)12-5-4-10(2)18-7-12/h4-7H,8H2,1-3H3. The summed E-state index contributed by atoms with van der Waals surface area (Å²) in [5.41, 5.74) is 4.20. The molecule has 0 aliphatic rings. The highest BCUT2D eigenvalue weighted by Gasteiger charge is 2.16. The van der Waals surface area contributed by atoms with E-state index in [-0.39, 0.29) is 6.61 Å². The first-order valence-electron chi connectivity index (χ1n) is 7.05. The largest absolute Gasteiger partial charge is 0.471 e. The molecule has 23 heavy (non-hydrogen) atoms. The number of pyridine rings is 1. The molecule has 0 spiro atoms. The van der Waals surface area contributed by atoms with Gasteiger partial charge in [-0.3, -0.25) is 4.98 Å². The van der Waals surface area contributed by atoms with Crippen LogP contribution in [-0.4, -0.2) is 20.3 Å². The zero-order valence-corrected chi connectivity index (χ0v) is 13.8. The fraction of sp³-hybridized carbons (Fsp3) is 0.250. The molecular weight excluding hydrogens is 316 g/mol. The molecule has 0 aromatic carbocycles. The maximum absolute atomic E-state index is 5.86. The van der Waals surface area contributed by atoms with Crippen LogP contribution in [0.25, 0.3) is 11.3 Å². The third-order valence-electron chi connectivity index (χ3n) is 3.44. The quantitative estimate of drug-likeness (QED) is 0.726. The normalized spacial score (nSPS) is 10.8. The number of aryl methyl sites for hydroxylation is 3. The van der Waals surface area contributed by atoms with E-state index in [1.54, 1.807) is 12.3 Å². The second-order valence-corrected chi connectivity index (χ2v) is 5.56. The van der Waals surface area contributed by atoms with Crippen molar-refractivity contribution in [2.75, 3.05) is 0 Å². The summed E-state index contributed by atoms with van der Waals surface area (Å²) in [6, 6.07) is 5.62. The Kier molecular flexibility index (Phi) is 4.25. The Morgan fingerprint density at radius 2 is 2.00 bits per heavy atom. The van der Waals surface area contributed by atoms with Crippen LogP contribution in [0.3, 0.4) is 0 Å². The smallest absolute Gasteiger partial charge is 0.234 e. The van der Waals surface area contributed by atoms with Crippen molar-refractivity contribution in [3.05, 3.63) is 52.1 Å². The summed E-state index contributed by atoms with van der Waals surface area (Å²) in [6.45, 7) is 5.89. The van der Waals surface area contributed by atoms with Crippen molar-refractivity contribution >= 4 is 11.6 Å². The summed E-state index contributed by atoms with van der Waals surface area (Å²) >= 11 is 5.86. The van der Waals surface area contributed by atoms with Crippen LogP contribution in [0.1, 0.15) is 22.6 Å². The minimum absolute atomic E-state index is 0.272. The lowest BCUT2D eigenvalue weighted by Crippen LogP contribution is -2.01. The van der Waals surface area contributed by atoms with Gasteiger partial charge in [-0.15, -0.1) is 10.2 Å². The third kappa shape index (κ3) is 3.32. The SMILES string of the molecule is Cc1ccc(-c2noc(C)c2COc2cc(C)c(Cl)nn2)cn1. The Labute approximate surface area is 138 Å². The molecule has 3 rings (SSSR count). The Bertz CT molecular complexity index is 831. The summed E-state index contributed by atoms with van der Waals surface area (Å²) in [4.78, 5) is 4.29. The molecule has 3 aromatic rings. The van der Waals surface area contributed by atoms with Gasteiger partial charge in [-0.25, -0.2) is 0 Å². The zero-order chi connectivity index (χ0) is 16.4. The Hall–Kier alpha value is -2.47. The second-order valence-electron chi connectivity index (χ2n) is 5.20. The Balaban J connectivity index is 1.84. The van der Waals surface area contributed by atoms with Gasteiger partial charge in [0.2, 0.25) is 5.88 Å². The summed E-state index contributed by atoms with van der Waals surface area (Å²) < 4.78 is 11.0. The van der Waals surface area contributed by atoms with Gasteiger partial charge in [0.25, 0.3) is 0 Å². The zero-order valence-electron chi connectivity index (χ0n) is 13.0. The Morgan fingerprint density at radius 1 is 1.17 bits per heavy atom. The highest BCUT2D eigenvalue weighted by Crippen LogP contribution is 2.26. The molecule has 0 amide bonds.